The average Bonchev–Trinajstić information content (AvgIpc) is 2.53. The lowest BCUT2D eigenvalue weighted by Gasteiger charge is -2.40. The number of amides is 1. The highest BCUT2D eigenvalue weighted by Crippen LogP contribution is 2.30. The smallest absolute Gasteiger partial charge is 0.410 e. The van der Waals surface area contributed by atoms with Gasteiger partial charge in [0.25, 0.3) is 0 Å². The second-order valence-electron chi connectivity index (χ2n) is 6.91. The number of likely N-dealkylation sites (tertiary alicyclic amines) is 1. The van der Waals surface area contributed by atoms with Crippen molar-refractivity contribution in [1.82, 2.24) is 4.90 Å². The van der Waals surface area contributed by atoms with E-state index in [1.165, 1.54) is 12.0 Å². The summed E-state index contributed by atoms with van der Waals surface area (Å²) in [6.45, 7) is 6.05. The number of carbonyl (C=O) groups is 2. The normalized spacial score (nSPS) is 21.1. The molecular weight excluding hydrogens is 310 g/mol. The number of rotatable bonds is 3. The Hall–Kier alpha value is -2.24. The molecule has 1 aromatic rings. The first-order valence-electron chi connectivity index (χ1n) is 8.06. The van der Waals surface area contributed by atoms with Crippen molar-refractivity contribution in [2.75, 3.05) is 20.2 Å². The molecule has 1 unspecified atom stereocenters. The number of hydrogen-bond donors (Lipinski definition) is 0. The van der Waals surface area contributed by atoms with Crippen molar-refractivity contribution in [3.05, 3.63) is 30.3 Å². The molecule has 1 aromatic carbocycles. The molecule has 1 fully saturated rings. The van der Waals surface area contributed by atoms with Gasteiger partial charge in [-0.25, -0.2) is 9.59 Å². The Morgan fingerprint density at radius 1 is 1.17 bits per heavy atom. The van der Waals surface area contributed by atoms with E-state index < -0.39 is 23.3 Å². The van der Waals surface area contributed by atoms with Crippen molar-refractivity contribution in [2.24, 2.45) is 0 Å². The summed E-state index contributed by atoms with van der Waals surface area (Å²) in [4.78, 5) is 26.3. The van der Waals surface area contributed by atoms with Gasteiger partial charge < -0.3 is 19.1 Å². The number of methoxy groups -OCH3 is 1. The fourth-order valence-electron chi connectivity index (χ4n) is 2.70. The van der Waals surface area contributed by atoms with Crippen LogP contribution in [-0.2, 0) is 14.3 Å². The topological polar surface area (TPSA) is 65.1 Å². The number of hydrogen-bond acceptors (Lipinski definition) is 5. The number of carbonyl (C=O) groups excluding carboxylic acids is 2. The first-order valence-corrected chi connectivity index (χ1v) is 8.06. The molecule has 132 valence electrons. The van der Waals surface area contributed by atoms with Gasteiger partial charge in [-0.05, 0) is 39.3 Å². The second-order valence-corrected chi connectivity index (χ2v) is 6.91. The van der Waals surface area contributed by atoms with Gasteiger partial charge in [0.1, 0.15) is 11.4 Å². The molecule has 0 bridgehead atoms. The second kappa shape index (κ2) is 7.11. The van der Waals surface area contributed by atoms with E-state index in [0.717, 1.165) is 0 Å². The van der Waals surface area contributed by atoms with Crippen LogP contribution in [0.25, 0.3) is 0 Å². The summed E-state index contributed by atoms with van der Waals surface area (Å²) in [6.07, 6.45) is 0.654. The molecule has 0 aromatic heterocycles. The molecule has 0 N–H and O–H groups in total. The fraction of sp³-hybridized carbons (Fsp3) is 0.556. The molecule has 0 radical (unpaired) electrons. The maximum atomic E-state index is 12.4. The third kappa shape index (κ3) is 4.40. The number of para-hydroxylation sites is 1. The number of esters is 1. The van der Waals surface area contributed by atoms with Gasteiger partial charge in [0, 0.05) is 13.0 Å². The lowest BCUT2D eigenvalue weighted by Crippen LogP contribution is -2.59. The highest BCUT2D eigenvalue weighted by molar-refractivity contribution is 5.81. The Bertz CT molecular complexity index is 581. The van der Waals surface area contributed by atoms with Crippen LogP contribution in [0.3, 0.4) is 0 Å². The Morgan fingerprint density at radius 3 is 2.42 bits per heavy atom. The zero-order valence-electron chi connectivity index (χ0n) is 14.7. The number of benzene rings is 1. The molecule has 1 amide bonds. The molecule has 1 saturated heterocycles. The van der Waals surface area contributed by atoms with E-state index in [0.29, 0.717) is 25.1 Å². The van der Waals surface area contributed by atoms with Crippen LogP contribution in [0.5, 0.6) is 5.75 Å². The molecule has 0 aliphatic carbocycles. The lowest BCUT2D eigenvalue weighted by atomic mass is 9.92. The molecule has 1 atom stereocenters. The number of piperidine rings is 1. The SMILES string of the molecule is COC(=O)C1(Oc2ccccc2)CCCN(C(=O)OC(C)(C)C)C1. The Kier molecular flexibility index (Phi) is 5.36. The highest BCUT2D eigenvalue weighted by Gasteiger charge is 2.47. The summed E-state index contributed by atoms with van der Waals surface area (Å²) in [5.41, 5.74) is -1.81. The fourth-order valence-corrected chi connectivity index (χ4v) is 2.70. The van der Waals surface area contributed by atoms with Crippen LogP contribution in [0.1, 0.15) is 33.6 Å². The Balaban J connectivity index is 2.21. The molecule has 1 aliphatic heterocycles. The molecule has 6 nitrogen and oxygen atoms in total. The van der Waals surface area contributed by atoms with Gasteiger partial charge in [0.05, 0.1) is 13.7 Å². The van der Waals surface area contributed by atoms with E-state index >= 15 is 0 Å². The molecule has 1 heterocycles. The summed E-state index contributed by atoms with van der Waals surface area (Å²) in [5, 5.41) is 0. The van der Waals surface area contributed by atoms with Gasteiger partial charge in [-0.3, -0.25) is 0 Å². The zero-order valence-corrected chi connectivity index (χ0v) is 14.7. The Morgan fingerprint density at radius 2 is 1.83 bits per heavy atom. The minimum absolute atomic E-state index is 0.101. The van der Waals surface area contributed by atoms with Crippen LogP contribution in [0.2, 0.25) is 0 Å². The van der Waals surface area contributed by atoms with Crippen LogP contribution >= 0.6 is 0 Å². The third-order valence-corrected chi connectivity index (χ3v) is 3.72. The van der Waals surface area contributed by atoms with Crippen LogP contribution in [0.4, 0.5) is 4.79 Å². The van der Waals surface area contributed by atoms with E-state index in [-0.39, 0.29) is 6.54 Å². The van der Waals surface area contributed by atoms with E-state index in [4.69, 9.17) is 14.2 Å². The standard InChI is InChI=1S/C18H25NO5/c1-17(2,3)24-16(21)19-12-8-11-18(13-19,15(20)22-4)23-14-9-6-5-7-10-14/h5-7,9-10H,8,11-13H2,1-4H3. The summed E-state index contributed by atoms with van der Waals surface area (Å²) in [6, 6.07) is 9.07. The molecule has 2 rings (SSSR count). The summed E-state index contributed by atoms with van der Waals surface area (Å²) >= 11 is 0. The predicted molar refractivity (Wildman–Crippen MR) is 88.9 cm³/mol. The van der Waals surface area contributed by atoms with E-state index in [1.54, 1.807) is 12.1 Å². The van der Waals surface area contributed by atoms with Crippen molar-refractivity contribution < 1.29 is 23.8 Å². The van der Waals surface area contributed by atoms with Crippen LogP contribution in [-0.4, -0.2) is 48.4 Å². The third-order valence-electron chi connectivity index (χ3n) is 3.72. The first kappa shape index (κ1) is 18.1. The first-order chi connectivity index (χ1) is 11.3. The Labute approximate surface area is 142 Å². The van der Waals surface area contributed by atoms with Crippen LogP contribution in [0.15, 0.2) is 30.3 Å². The van der Waals surface area contributed by atoms with Crippen molar-refractivity contribution in [2.45, 2.75) is 44.8 Å². The summed E-state index contributed by atoms with van der Waals surface area (Å²) < 4.78 is 16.3. The van der Waals surface area contributed by atoms with Crippen molar-refractivity contribution in [3.63, 3.8) is 0 Å². The van der Waals surface area contributed by atoms with Crippen molar-refractivity contribution >= 4 is 12.1 Å². The quantitative estimate of drug-likeness (QED) is 0.795. The van der Waals surface area contributed by atoms with E-state index in [2.05, 4.69) is 0 Å². The molecule has 24 heavy (non-hydrogen) atoms. The highest BCUT2D eigenvalue weighted by atomic mass is 16.6. The van der Waals surface area contributed by atoms with Gasteiger partial charge >= 0.3 is 12.1 Å². The van der Waals surface area contributed by atoms with Gasteiger partial charge in [0.15, 0.2) is 0 Å². The maximum absolute atomic E-state index is 12.4. The molecule has 1 aliphatic rings. The minimum atomic E-state index is -1.22. The van der Waals surface area contributed by atoms with E-state index in [1.807, 2.05) is 39.0 Å². The maximum Gasteiger partial charge on any atom is 0.410 e. The van der Waals surface area contributed by atoms with Gasteiger partial charge in [-0.2, -0.15) is 0 Å². The predicted octanol–water partition coefficient (Wildman–Crippen LogP) is 3.01. The lowest BCUT2D eigenvalue weighted by molar-refractivity contribution is -0.163. The van der Waals surface area contributed by atoms with Crippen LogP contribution in [0, 0.1) is 0 Å². The monoisotopic (exact) mass is 335 g/mol. The number of nitrogens with zero attached hydrogens (tertiary/aromatic N) is 1. The largest absolute Gasteiger partial charge is 0.474 e. The zero-order chi connectivity index (χ0) is 17.8. The molecule has 0 saturated carbocycles. The number of ether oxygens (including phenoxy) is 3. The minimum Gasteiger partial charge on any atom is -0.474 e. The summed E-state index contributed by atoms with van der Waals surface area (Å²) in [5.74, 6) is 0.0774. The van der Waals surface area contributed by atoms with Crippen LogP contribution < -0.4 is 4.74 Å². The van der Waals surface area contributed by atoms with Crippen molar-refractivity contribution in [1.29, 1.82) is 0 Å². The molecule has 6 heteroatoms. The van der Waals surface area contributed by atoms with Gasteiger partial charge in [-0.15, -0.1) is 0 Å². The van der Waals surface area contributed by atoms with Gasteiger partial charge in [-0.1, -0.05) is 18.2 Å². The van der Waals surface area contributed by atoms with Gasteiger partial charge in [0.2, 0.25) is 5.60 Å². The van der Waals surface area contributed by atoms with Crippen molar-refractivity contribution in [3.8, 4) is 5.75 Å². The molecular formula is C18H25NO5. The molecule has 0 spiro atoms. The average molecular weight is 335 g/mol. The van der Waals surface area contributed by atoms with E-state index in [9.17, 15) is 9.59 Å². The summed E-state index contributed by atoms with van der Waals surface area (Å²) in [7, 11) is 1.32.